The minimum absolute atomic E-state index is 0.0317. The Bertz CT molecular complexity index is 567. The summed E-state index contributed by atoms with van der Waals surface area (Å²) in [7, 11) is 0. The third-order valence-electron chi connectivity index (χ3n) is 2.74. The van der Waals surface area contributed by atoms with Crippen LogP contribution in [0.2, 0.25) is 0 Å². The molecule has 2 aromatic heterocycles. The van der Waals surface area contributed by atoms with E-state index < -0.39 is 4.92 Å². The largest absolute Gasteiger partial charge is 0.469 e. The molecule has 0 saturated heterocycles. The van der Waals surface area contributed by atoms with Crippen molar-refractivity contribution < 1.29 is 9.34 Å². The summed E-state index contributed by atoms with van der Waals surface area (Å²) in [5.41, 5.74) is 0.435. The molecular weight excluding hydrogens is 246 g/mol. The summed E-state index contributed by atoms with van der Waals surface area (Å²) < 4.78 is 5.27. The molecule has 19 heavy (non-hydrogen) atoms. The molecule has 0 aliphatic carbocycles. The van der Waals surface area contributed by atoms with Crippen LogP contribution in [0.15, 0.2) is 34.9 Å². The zero-order chi connectivity index (χ0) is 13.8. The van der Waals surface area contributed by atoms with Crippen molar-refractivity contribution in [2.45, 2.75) is 26.3 Å². The van der Waals surface area contributed by atoms with Gasteiger partial charge in [-0.2, -0.15) is 0 Å². The molecule has 0 aliphatic heterocycles. The molecule has 2 aromatic rings. The number of furan rings is 1. The number of hydrogen-bond donors (Lipinski definition) is 1. The van der Waals surface area contributed by atoms with Gasteiger partial charge in [-0.15, -0.1) is 0 Å². The fraction of sp³-hybridized carbons (Fsp3) is 0.308. The molecule has 0 radical (unpaired) electrons. The first-order valence-electron chi connectivity index (χ1n) is 5.97. The monoisotopic (exact) mass is 261 g/mol. The van der Waals surface area contributed by atoms with Crippen molar-refractivity contribution in [3.63, 3.8) is 0 Å². The second-order valence-electron chi connectivity index (χ2n) is 4.39. The van der Waals surface area contributed by atoms with Crippen LogP contribution in [0.5, 0.6) is 0 Å². The lowest BCUT2D eigenvalue weighted by atomic mass is 10.2. The number of pyridine rings is 1. The van der Waals surface area contributed by atoms with Crippen LogP contribution in [0.25, 0.3) is 0 Å². The Labute approximate surface area is 110 Å². The molecule has 0 aromatic carbocycles. The minimum Gasteiger partial charge on any atom is -0.469 e. The maximum Gasteiger partial charge on any atom is 0.290 e. The molecule has 0 amide bonds. The lowest BCUT2D eigenvalue weighted by molar-refractivity contribution is -0.385. The Morgan fingerprint density at radius 1 is 1.47 bits per heavy atom. The average Bonchev–Trinajstić information content (AvgIpc) is 2.81. The molecule has 1 unspecified atom stereocenters. The number of anilines is 1. The van der Waals surface area contributed by atoms with E-state index in [2.05, 4.69) is 10.3 Å². The fourth-order valence-corrected chi connectivity index (χ4v) is 1.86. The van der Waals surface area contributed by atoms with Gasteiger partial charge in [-0.1, -0.05) is 0 Å². The summed E-state index contributed by atoms with van der Waals surface area (Å²) >= 11 is 0. The van der Waals surface area contributed by atoms with Gasteiger partial charge in [-0.25, -0.2) is 4.98 Å². The van der Waals surface area contributed by atoms with E-state index in [0.717, 1.165) is 12.2 Å². The molecule has 6 heteroatoms. The molecule has 1 atom stereocenters. The van der Waals surface area contributed by atoms with E-state index >= 15 is 0 Å². The third kappa shape index (κ3) is 3.31. The van der Waals surface area contributed by atoms with Gasteiger partial charge in [0, 0.05) is 18.5 Å². The van der Waals surface area contributed by atoms with Crippen LogP contribution >= 0.6 is 0 Å². The Morgan fingerprint density at radius 2 is 2.26 bits per heavy atom. The van der Waals surface area contributed by atoms with Crippen molar-refractivity contribution in [3.8, 4) is 0 Å². The van der Waals surface area contributed by atoms with Crippen LogP contribution in [0.1, 0.15) is 18.4 Å². The minimum atomic E-state index is -0.432. The standard InChI is InChI=1S/C13H15N3O3/c1-9(8-11-4-3-7-19-11)14-13-6-5-12(16(17)18)10(2)15-13/h3-7,9H,8H2,1-2H3,(H,14,15). The van der Waals surface area contributed by atoms with Crippen LogP contribution in [0, 0.1) is 17.0 Å². The topological polar surface area (TPSA) is 81.2 Å². The van der Waals surface area contributed by atoms with Gasteiger partial charge in [0.1, 0.15) is 17.3 Å². The second kappa shape index (κ2) is 5.51. The first-order valence-corrected chi connectivity index (χ1v) is 5.97. The van der Waals surface area contributed by atoms with Crippen LogP contribution in [-0.4, -0.2) is 15.9 Å². The molecule has 0 saturated carbocycles. The fourth-order valence-electron chi connectivity index (χ4n) is 1.86. The van der Waals surface area contributed by atoms with E-state index in [1.165, 1.54) is 6.07 Å². The summed E-state index contributed by atoms with van der Waals surface area (Å²) in [6.45, 7) is 3.63. The SMILES string of the molecule is Cc1nc(NC(C)Cc2ccco2)ccc1[N+](=O)[O-]. The summed E-state index contributed by atoms with van der Waals surface area (Å²) in [5, 5.41) is 13.9. The molecule has 2 rings (SSSR count). The number of aryl methyl sites for hydroxylation is 1. The summed E-state index contributed by atoms with van der Waals surface area (Å²) in [4.78, 5) is 14.4. The Kier molecular flexibility index (Phi) is 3.79. The highest BCUT2D eigenvalue weighted by Crippen LogP contribution is 2.18. The maximum absolute atomic E-state index is 10.7. The summed E-state index contributed by atoms with van der Waals surface area (Å²) in [6, 6.07) is 6.95. The highest BCUT2D eigenvalue weighted by atomic mass is 16.6. The van der Waals surface area contributed by atoms with Gasteiger partial charge in [0.2, 0.25) is 0 Å². The van der Waals surface area contributed by atoms with Gasteiger partial charge < -0.3 is 9.73 Å². The van der Waals surface area contributed by atoms with E-state index in [1.54, 1.807) is 19.3 Å². The van der Waals surface area contributed by atoms with Gasteiger partial charge >= 0.3 is 0 Å². The quantitative estimate of drug-likeness (QED) is 0.661. The second-order valence-corrected chi connectivity index (χ2v) is 4.39. The van der Waals surface area contributed by atoms with Gasteiger partial charge in [0.25, 0.3) is 5.69 Å². The van der Waals surface area contributed by atoms with Gasteiger partial charge in [0.15, 0.2) is 0 Å². The molecule has 2 heterocycles. The summed E-state index contributed by atoms with van der Waals surface area (Å²) in [6.07, 6.45) is 2.36. The van der Waals surface area contributed by atoms with E-state index in [9.17, 15) is 10.1 Å². The zero-order valence-electron chi connectivity index (χ0n) is 10.8. The van der Waals surface area contributed by atoms with E-state index in [-0.39, 0.29) is 11.7 Å². The highest BCUT2D eigenvalue weighted by Gasteiger charge is 2.13. The number of aromatic nitrogens is 1. The number of nitro groups is 1. The molecule has 1 N–H and O–H groups in total. The summed E-state index contributed by atoms with van der Waals surface area (Å²) in [5.74, 6) is 1.51. The number of rotatable bonds is 5. The molecule has 0 bridgehead atoms. The number of nitrogens with zero attached hydrogens (tertiary/aromatic N) is 2. The van der Waals surface area contributed by atoms with Crippen LogP contribution in [-0.2, 0) is 6.42 Å². The number of hydrogen-bond acceptors (Lipinski definition) is 5. The van der Waals surface area contributed by atoms with Gasteiger partial charge in [0.05, 0.1) is 11.2 Å². The van der Waals surface area contributed by atoms with Crippen molar-refractivity contribution in [1.82, 2.24) is 4.98 Å². The molecule has 6 nitrogen and oxygen atoms in total. The van der Waals surface area contributed by atoms with Crippen molar-refractivity contribution in [2.24, 2.45) is 0 Å². The normalized spacial score (nSPS) is 12.1. The van der Waals surface area contributed by atoms with Crippen LogP contribution in [0.3, 0.4) is 0 Å². The van der Waals surface area contributed by atoms with Crippen molar-refractivity contribution in [2.75, 3.05) is 5.32 Å². The van der Waals surface area contributed by atoms with Crippen molar-refractivity contribution >= 4 is 11.5 Å². The smallest absolute Gasteiger partial charge is 0.290 e. The van der Waals surface area contributed by atoms with Gasteiger partial charge in [-0.3, -0.25) is 10.1 Å². The van der Waals surface area contributed by atoms with Crippen molar-refractivity contribution in [3.05, 3.63) is 52.1 Å². The highest BCUT2D eigenvalue weighted by molar-refractivity contribution is 5.45. The predicted octanol–water partition coefficient (Wildman–Crippen LogP) is 2.93. The first kappa shape index (κ1) is 13.1. The number of nitrogens with one attached hydrogen (secondary N) is 1. The van der Waals surface area contributed by atoms with E-state index in [4.69, 9.17) is 4.42 Å². The zero-order valence-corrected chi connectivity index (χ0v) is 10.8. The third-order valence-corrected chi connectivity index (χ3v) is 2.74. The van der Waals surface area contributed by atoms with Crippen LogP contribution < -0.4 is 5.32 Å². The van der Waals surface area contributed by atoms with Crippen molar-refractivity contribution in [1.29, 1.82) is 0 Å². The van der Waals surface area contributed by atoms with Gasteiger partial charge in [-0.05, 0) is 32.0 Å². The molecular formula is C13H15N3O3. The lowest BCUT2D eigenvalue weighted by Gasteiger charge is -2.13. The Morgan fingerprint density at radius 3 is 2.84 bits per heavy atom. The first-order chi connectivity index (χ1) is 9.06. The predicted molar refractivity (Wildman–Crippen MR) is 71.1 cm³/mol. The average molecular weight is 261 g/mol. The maximum atomic E-state index is 10.7. The van der Waals surface area contributed by atoms with E-state index in [0.29, 0.717) is 11.5 Å². The lowest BCUT2D eigenvalue weighted by Crippen LogP contribution is -2.18. The molecule has 100 valence electrons. The van der Waals surface area contributed by atoms with Crippen LogP contribution in [0.4, 0.5) is 11.5 Å². The molecule has 0 aliphatic rings. The van der Waals surface area contributed by atoms with E-state index in [1.807, 2.05) is 19.1 Å². The Balaban J connectivity index is 2.03. The molecule has 0 spiro atoms. The molecule has 0 fully saturated rings. The Hall–Kier alpha value is -2.37.